The molecule has 18 heavy (non-hydrogen) atoms. The second kappa shape index (κ2) is 8.51. The average Bonchev–Trinajstić information content (AvgIpc) is 2.35. The summed E-state index contributed by atoms with van der Waals surface area (Å²) in [7, 11) is -0.963. The van der Waals surface area contributed by atoms with E-state index in [1.54, 1.807) is 24.3 Å². The molecule has 0 spiro atoms. The molecule has 0 radical (unpaired) electrons. The molecule has 0 aliphatic rings. The summed E-state index contributed by atoms with van der Waals surface area (Å²) in [5.41, 5.74) is 0. The van der Waals surface area contributed by atoms with E-state index >= 15 is 0 Å². The third-order valence-electron chi connectivity index (χ3n) is 2.36. The SMILES string of the molecule is CCCCS(=O)CC(O)COc1ccc(Cl)cc1. The highest BCUT2D eigenvalue weighted by Gasteiger charge is 2.10. The van der Waals surface area contributed by atoms with Gasteiger partial charge in [-0.25, -0.2) is 0 Å². The van der Waals surface area contributed by atoms with Crippen molar-refractivity contribution in [3.05, 3.63) is 29.3 Å². The molecule has 1 aromatic carbocycles. The summed E-state index contributed by atoms with van der Waals surface area (Å²) in [6, 6.07) is 6.93. The van der Waals surface area contributed by atoms with Crippen LogP contribution in [0.2, 0.25) is 5.02 Å². The predicted molar refractivity (Wildman–Crippen MR) is 75.7 cm³/mol. The van der Waals surface area contributed by atoms with Gasteiger partial charge in [0, 0.05) is 21.6 Å². The summed E-state index contributed by atoms with van der Waals surface area (Å²) >= 11 is 5.75. The Bertz CT molecular complexity index is 367. The number of halogens is 1. The van der Waals surface area contributed by atoms with Crippen LogP contribution in [0.4, 0.5) is 0 Å². The van der Waals surface area contributed by atoms with Crippen LogP contribution >= 0.6 is 11.6 Å². The first kappa shape index (κ1) is 15.5. The summed E-state index contributed by atoms with van der Waals surface area (Å²) in [5.74, 6) is 1.57. The molecule has 3 nitrogen and oxygen atoms in total. The fraction of sp³-hybridized carbons (Fsp3) is 0.538. The number of benzene rings is 1. The van der Waals surface area contributed by atoms with E-state index in [4.69, 9.17) is 16.3 Å². The quantitative estimate of drug-likeness (QED) is 0.800. The van der Waals surface area contributed by atoms with Crippen molar-refractivity contribution in [1.82, 2.24) is 0 Å². The standard InChI is InChI=1S/C13H19ClO3S/c1-2-3-8-18(16)10-12(15)9-17-13-6-4-11(14)5-7-13/h4-7,12,15H,2-3,8-10H2,1H3. The van der Waals surface area contributed by atoms with Crippen LogP contribution in [0.1, 0.15) is 19.8 Å². The van der Waals surface area contributed by atoms with Gasteiger partial charge in [-0.15, -0.1) is 0 Å². The third kappa shape index (κ3) is 6.38. The molecule has 0 aliphatic heterocycles. The Balaban J connectivity index is 2.26. The summed E-state index contributed by atoms with van der Waals surface area (Å²) in [5, 5.41) is 10.3. The Morgan fingerprint density at radius 1 is 1.39 bits per heavy atom. The van der Waals surface area contributed by atoms with Gasteiger partial charge in [0.15, 0.2) is 0 Å². The Morgan fingerprint density at radius 2 is 2.06 bits per heavy atom. The lowest BCUT2D eigenvalue weighted by atomic mass is 10.3. The summed E-state index contributed by atoms with van der Waals surface area (Å²) < 4.78 is 16.9. The molecule has 0 fully saturated rings. The van der Waals surface area contributed by atoms with Crippen molar-refractivity contribution >= 4 is 22.4 Å². The van der Waals surface area contributed by atoms with E-state index < -0.39 is 16.9 Å². The van der Waals surface area contributed by atoms with Crippen molar-refractivity contribution in [2.24, 2.45) is 0 Å². The van der Waals surface area contributed by atoms with Crippen LogP contribution in [0.25, 0.3) is 0 Å². The van der Waals surface area contributed by atoms with Crippen LogP contribution in [-0.4, -0.2) is 33.5 Å². The molecule has 0 aromatic heterocycles. The van der Waals surface area contributed by atoms with Gasteiger partial charge >= 0.3 is 0 Å². The topological polar surface area (TPSA) is 46.5 Å². The first-order valence-electron chi connectivity index (χ1n) is 6.03. The van der Waals surface area contributed by atoms with Crippen LogP contribution in [0.3, 0.4) is 0 Å². The molecule has 5 heteroatoms. The van der Waals surface area contributed by atoms with E-state index in [1.165, 1.54) is 0 Å². The maximum atomic E-state index is 11.5. The molecular weight excluding hydrogens is 272 g/mol. The fourth-order valence-corrected chi connectivity index (χ4v) is 2.80. The van der Waals surface area contributed by atoms with Crippen LogP contribution in [0.5, 0.6) is 5.75 Å². The Labute approximate surface area is 116 Å². The first-order chi connectivity index (χ1) is 8.61. The molecule has 1 aromatic rings. The Morgan fingerprint density at radius 3 is 2.67 bits per heavy atom. The third-order valence-corrected chi connectivity index (χ3v) is 4.11. The maximum Gasteiger partial charge on any atom is 0.119 e. The molecule has 0 bridgehead atoms. The second-order valence-corrected chi connectivity index (χ2v) is 6.14. The van der Waals surface area contributed by atoms with Crippen molar-refractivity contribution in [3.63, 3.8) is 0 Å². The van der Waals surface area contributed by atoms with Crippen molar-refractivity contribution in [1.29, 1.82) is 0 Å². The zero-order valence-electron chi connectivity index (χ0n) is 10.5. The van der Waals surface area contributed by atoms with Gasteiger partial charge in [-0.2, -0.15) is 0 Å². The van der Waals surface area contributed by atoms with Gasteiger partial charge in [-0.05, 0) is 30.7 Å². The van der Waals surface area contributed by atoms with Crippen LogP contribution in [0.15, 0.2) is 24.3 Å². The molecule has 0 aliphatic carbocycles. The van der Waals surface area contributed by atoms with Gasteiger partial charge in [0.2, 0.25) is 0 Å². The molecular formula is C13H19ClO3S. The molecule has 0 saturated heterocycles. The maximum absolute atomic E-state index is 11.5. The number of aliphatic hydroxyl groups is 1. The number of aliphatic hydroxyl groups excluding tert-OH is 1. The number of unbranched alkanes of at least 4 members (excludes halogenated alkanes) is 1. The van der Waals surface area contributed by atoms with E-state index in [0.29, 0.717) is 16.5 Å². The van der Waals surface area contributed by atoms with E-state index in [0.717, 1.165) is 12.8 Å². The van der Waals surface area contributed by atoms with Gasteiger partial charge in [-0.3, -0.25) is 4.21 Å². The summed E-state index contributed by atoms with van der Waals surface area (Å²) in [6.45, 7) is 2.21. The predicted octanol–water partition coefficient (Wildman–Crippen LogP) is 2.63. The minimum absolute atomic E-state index is 0.152. The first-order valence-corrected chi connectivity index (χ1v) is 7.89. The minimum atomic E-state index is -0.963. The smallest absolute Gasteiger partial charge is 0.119 e. The summed E-state index contributed by atoms with van der Waals surface area (Å²) in [6.07, 6.45) is 1.25. The molecule has 2 unspecified atom stereocenters. The molecule has 0 amide bonds. The van der Waals surface area contributed by atoms with Gasteiger partial charge < -0.3 is 9.84 Å². The van der Waals surface area contributed by atoms with E-state index in [2.05, 4.69) is 6.92 Å². The molecule has 0 heterocycles. The molecule has 1 N–H and O–H groups in total. The number of ether oxygens (including phenoxy) is 1. The highest BCUT2D eigenvalue weighted by Crippen LogP contribution is 2.15. The van der Waals surface area contributed by atoms with Crippen molar-refractivity contribution in [2.45, 2.75) is 25.9 Å². The molecule has 1 rings (SSSR count). The largest absolute Gasteiger partial charge is 0.491 e. The van der Waals surface area contributed by atoms with E-state index in [9.17, 15) is 9.32 Å². The van der Waals surface area contributed by atoms with Gasteiger partial charge in [0.25, 0.3) is 0 Å². The van der Waals surface area contributed by atoms with Crippen LogP contribution < -0.4 is 4.74 Å². The monoisotopic (exact) mass is 290 g/mol. The highest BCUT2D eigenvalue weighted by molar-refractivity contribution is 7.85. The lowest BCUT2D eigenvalue weighted by Crippen LogP contribution is -2.25. The minimum Gasteiger partial charge on any atom is -0.491 e. The van der Waals surface area contributed by atoms with E-state index in [1.807, 2.05) is 0 Å². The molecule has 0 saturated carbocycles. The normalized spacial score (nSPS) is 14.2. The highest BCUT2D eigenvalue weighted by atomic mass is 35.5. The van der Waals surface area contributed by atoms with Crippen molar-refractivity contribution < 1.29 is 14.1 Å². The van der Waals surface area contributed by atoms with Crippen molar-refractivity contribution in [3.8, 4) is 5.75 Å². The zero-order valence-corrected chi connectivity index (χ0v) is 12.0. The van der Waals surface area contributed by atoms with Crippen LogP contribution in [-0.2, 0) is 10.8 Å². The zero-order chi connectivity index (χ0) is 13.4. The number of rotatable bonds is 8. The number of hydrogen-bond donors (Lipinski definition) is 1. The molecule has 102 valence electrons. The van der Waals surface area contributed by atoms with Gasteiger partial charge in [0.05, 0.1) is 11.9 Å². The lowest BCUT2D eigenvalue weighted by molar-refractivity contribution is 0.125. The molecule has 2 atom stereocenters. The fourth-order valence-electron chi connectivity index (χ4n) is 1.37. The lowest BCUT2D eigenvalue weighted by Gasteiger charge is -2.12. The van der Waals surface area contributed by atoms with Crippen molar-refractivity contribution in [2.75, 3.05) is 18.1 Å². The summed E-state index contributed by atoms with van der Waals surface area (Å²) in [4.78, 5) is 0. The van der Waals surface area contributed by atoms with Gasteiger partial charge in [-0.1, -0.05) is 24.9 Å². The van der Waals surface area contributed by atoms with E-state index in [-0.39, 0.29) is 12.4 Å². The Kier molecular flexibility index (Phi) is 7.32. The average molecular weight is 291 g/mol. The number of hydrogen-bond acceptors (Lipinski definition) is 3. The Hall–Kier alpha value is -0.580. The second-order valence-electron chi connectivity index (χ2n) is 4.08. The van der Waals surface area contributed by atoms with Gasteiger partial charge in [0.1, 0.15) is 12.4 Å². The van der Waals surface area contributed by atoms with Crippen LogP contribution in [0, 0.1) is 0 Å².